The molecule has 38 heavy (non-hydrogen) atoms. The van der Waals surface area contributed by atoms with Crippen molar-refractivity contribution in [1.29, 1.82) is 0 Å². The second-order valence-corrected chi connectivity index (χ2v) is 9.63. The summed E-state index contributed by atoms with van der Waals surface area (Å²) in [5.41, 5.74) is 4.27. The number of aliphatic hydroxyl groups excluding tert-OH is 1. The Morgan fingerprint density at radius 1 is 1.00 bits per heavy atom. The minimum absolute atomic E-state index is 0.0550. The zero-order chi connectivity index (χ0) is 28.3. The number of halogens is 9. The van der Waals surface area contributed by atoms with E-state index in [1.807, 2.05) is 0 Å². The molecule has 0 spiro atoms. The molecular weight excluding hydrogens is 562 g/mol. The van der Waals surface area contributed by atoms with E-state index < -0.39 is 64.6 Å². The maximum absolute atomic E-state index is 15.6. The molecule has 1 heterocycles. The predicted octanol–water partition coefficient (Wildman–Crippen LogP) is 8.49. The zero-order valence-corrected chi connectivity index (χ0v) is 20.7. The summed E-state index contributed by atoms with van der Waals surface area (Å²) < 4.78 is 103. The van der Waals surface area contributed by atoms with Crippen LogP contribution in [-0.4, -0.2) is 23.6 Å². The fourth-order valence-corrected chi connectivity index (χ4v) is 4.92. The van der Waals surface area contributed by atoms with Gasteiger partial charge in [0.15, 0.2) is 0 Å². The average Bonchev–Trinajstić information content (AvgIpc) is 2.83. The second-order valence-electron chi connectivity index (χ2n) is 8.79. The Bertz CT molecular complexity index is 1410. The summed E-state index contributed by atoms with van der Waals surface area (Å²) in [7, 11) is 0. The van der Waals surface area contributed by atoms with Gasteiger partial charge in [-0.15, -0.1) is 11.6 Å². The Morgan fingerprint density at radius 2 is 1.63 bits per heavy atom. The number of hydrogen-bond donors (Lipinski definition) is 2. The monoisotopic (exact) mass is 579 g/mol. The SMILES string of the molecule is C=C(O)C1=Cc2c(ccc(C(Cl)C(=C)C3=Cc4c(ccc(Cl)c4N)CC3C(F)(F)F)c2F)OC1C(F)(F)F. The molecule has 0 radical (unpaired) electrons. The number of nitrogen functional groups attached to an aromatic ring is 1. The Balaban J connectivity index is 1.79. The standard InChI is InChI=1S/C26H18Cl2F7NO2/c1-10(14-8-16-12(3-5-19(27)23(16)36)7-18(14)25(30,31)32)21(28)13-4-6-20-17(22(13)29)9-15(11(2)37)24(38-20)26(33,34)35/h3-6,8-9,18,21,24,37H,1-2,7,36H2. The molecule has 0 bridgehead atoms. The summed E-state index contributed by atoms with van der Waals surface area (Å²) in [6.07, 6.45) is -10.9. The number of benzene rings is 2. The van der Waals surface area contributed by atoms with E-state index in [0.717, 1.165) is 18.2 Å². The first kappa shape index (κ1) is 27.9. The summed E-state index contributed by atoms with van der Waals surface area (Å²) in [6.45, 7) is 6.76. The van der Waals surface area contributed by atoms with Gasteiger partial charge in [-0.25, -0.2) is 4.39 Å². The number of allylic oxidation sites excluding steroid dienone is 2. The first-order valence-corrected chi connectivity index (χ1v) is 11.7. The first-order valence-electron chi connectivity index (χ1n) is 10.9. The molecule has 3 nitrogen and oxygen atoms in total. The molecule has 0 saturated heterocycles. The van der Waals surface area contributed by atoms with Crippen LogP contribution in [0.4, 0.5) is 36.4 Å². The van der Waals surface area contributed by atoms with E-state index in [1.54, 1.807) is 0 Å². The number of hydrogen-bond acceptors (Lipinski definition) is 3. The van der Waals surface area contributed by atoms with E-state index in [0.29, 0.717) is 11.6 Å². The van der Waals surface area contributed by atoms with E-state index >= 15 is 4.39 Å². The second kappa shape index (κ2) is 9.57. The molecule has 3 atom stereocenters. The number of aliphatic hydroxyl groups is 1. The maximum Gasteiger partial charge on any atom is 0.429 e. The highest BCUT2D eigenvalue weighted by molar-refractivity contribution is 6.33. The maximum atomic E-state index is 15.6. The van der Waals surface area contributed by atoms with Crippen molar-refractivity contribution in [2.24, 2.45) is 5.92 Å². The number of fused-ring (bicyclic) bond motifs is 2. The zero-order valence-electron chi connectivity index (χ0n) is 19.2. The van der Waals surface area contributed by atoms with Gasteiger partial charge < -0.3 is 15.6 Å². The van der Waals surface area contributed by atoms with Crippen LogP contribution in [0, 0.1) is 11.7 Å². The van der Waals surface area contributed by atoms with E-state index in [2.05, 4.69) is 13.2 Å². The third-order valence-corrected chi connectivity index (χ3v) is 7.22. The van der Waals surface area contributed by atoms with Crippen molar-refractivity contribution in [1.82, 2.24) is 0 Å². The summed E-state index contributed by atoms with van der Waals surface area (Å²) in [5.74, 6) is -4.70. The molecule has 0 fully saturated rings. The molecule has 2 aromatic rings. The van der Waals surface area contributed by atoms with Gasteiger partial charge >= 0.3 is 12.4 Å². The molecule has 0 saturated carbocycles. The van der Waals surface area contributed by atoms with Crippen LogP contribution < -0.4 is 10.5 Å². The van der Waals surface area contributed by atoms with Crippen LogP contribution in [0.2, 0.25) is 5.02 Å². The minimum Gasteiger partial charge on any atom is -0.508 e. The minimum atomic E-state index is -4.95. The Labute approximate surface area is 222 Å². The molecule has 12 heteroatoms. The van der Waals surface area contributed by atoms with Crippen molar-refractivity contribution < 1.29 is 40.6 Å². The van der Waals surface area contributed by atoms with Crippen LogP contribution >= 0.6 is 23.2 Å². The van der Waals surface area contributed by atoms with E-state index in [9.17, 15) is 31.4 Å². The largest absolute Gasteiger partial charge is 0.508 e. The number of rotatable bonds is 4. The van der Waals surface area contributed by atoms with Gasteiger partial charge in [0.25, 0.3) is 0 Å². The highest BCUT2D eigenvalue weighted by Gasteiger charge is 2.48. The number of alkyl halides is 7. The molecule has 1 aliphatic carbocycles. The van der Waals surface area contributed by atoms with Crippen LogP contribution in [0.1, 0.15) is 27.6 Å². The molecule has 202 valence electrons. The van der Waals surface area contributed by atoms with E-state index in [-0.39, 0.29) is 33.0 Å². The molecule has 0 aromatic heterocycles. The molecule has 3 N–H and O–H groups in total. The summed E-state index contributed by atoms with van der Waals surface area (Å²) in [4.78, 5) is 0. The summed E-state index contributed by atoms with van der Waals surface area (Å²) >= 11 is 12.5. The van der Waals surface area contributed by atoms with Crippen LogP contribution in [0.15, 0.2) is 59.9 Å². The lowest BCUT2D eigenvalue weighted by Crippen LogP contribution is -2.38. The lowest BCUT2D eigenvalue weighted by Gasteiger charge is -2.32. The van der Waals surface area contributed by atoms with Crippen molar-refractivity contribution in [3.8, 4) is 5.75 Å². The fourth-order valence-electron chi connectivity index (χ4n) is 4.46. The van der Waals surface area contributed by atoms with Crippen LogP contribution in [0.25, 0.3) is 12.2 Å². The van der Waals surface area contributed by atoms with Crippen molar-refractivity contribution in [3.05, 3.63) is 93.0 Å². The smallest absolute Gasteiger partial charge is 0.429 e. The van der Waals surface area contributed by atoms with Gasteiger partial charge in [0.2, 0.25) is 6.10 Å². The highest BCUT2D eigenvalue weighted by Crippen LogP contribution is 2.49. The van der Waals surface area contributed by atoms with Crippen molar-refractivity contribution in [2.75, 3.05) is 5.73 Å². The third kappa shape index (κ3) is 4.87. The van der Waals surface area contributed by atoms with E-state index in [4.69, 9.17) is 33.7 Å². The molecule has 2 aliphatic rings. The average molecular weight is 580 g/mol. The van der Waals surface area contributed by atoms with Gasteiger partial charge in [-0.3, -0.25) is 0 Å². The molecule has 4 rings (SSSR count). The van der Waals surface area contributed by atoms with Crippen LogP contribution in [-0.2, 0) is 6.42 Å². The van der Waals surface area contributed by atoms with Crippen LogP contribution in [0.3, 0.4) is 0 Å². The molecule has 0 amide bonds. The Morgan fingerprint density at radius 3 is 2.21 bits per heavy atom. The van der Waals surface area contributed by atoms with Crippen molar-refractivity contribution in [3.63, 3.8) is 0 Å². The predicted molar refractivity (Wildman–Crippen MR) is 131 cm³/mol. The van der Waals surface area contributed by atoms with Crippen molar-refractivity contribution in [2.45, 2.75) is 30.3 Å². The fraction of sp³-hybridized carbons (Fsp3) is 0.231. The van der Waals surface area contributed by atoms with Gasteiger partial charge in [0.1, 0.15) is 17.3 Å². The lowest BCUT2D eigenvalue weighted by molar-refractivity contribution is -0.183. The first-order chi connectivity index (χ1) is 17.5. The number of anilines is 1. The number of nitrogens with two attached hydrogens (primary N) is 1. The number of ether oxygens (including phenoxy) is 1. The highest BCUT2D eigenvalue weighted by atomic mass is 35.5. The summed E-state index contributed by atoms with van der Waals surface area (Å²) in [5, 5.41) is 8.22. The van der Waals surface area contributed by atoms with Crippen LogP contribution in [0.5, 0.6) is 5.75 Å². The normalized spacial score (nSPS) is 19.9. The molecule has 3 unspecified atom stereocenters. The third-order valence-electron chi connectivity index (χ3n) is 6.40. The Hall–Kier alpha value is -3.11. The molecule has 1 aliphatic heterocycles. The quantitative estimate of drug-likeness (QED) is 0.165. The van der Waals surface area contributed by atoms with Gasteiger partial charge in [-0.05, 0) is 47.4 Å². The van der Waals surface area contributed by atoms with Gasteiger partial charge in [0, 0.05) is 16.7 Å². The van der Waals surface area contributed by atoms with Crippen molar-refractivity contribution >= 4 is 41.0 Å². The Kier molecular flexibility index (Phi) is 7.03. The topological polar surface area (TPSA) is 55.5 Å². The summed E-state index contributed by atoms with van der Waals surface area (Å²) in [6, 6.07) is 4.82. The molecule has 2 aromatic carbocycles. The van der Waals surface area contributed by atoms with Gasteiger partial charge in [-0.1, -0.05) is 36.9 Å². The van der Waals surface area contributed by atoms with Gasteiger partial charge in [0.05, 0.1) is 27.6 Å². The lowest BCUT2D eigenvalue weighted by atomic mass is 9.78. The van der Waals surface area contributed by atoms with Gasteiger partial charge in [-0.2, -0.15) is 26.3 Å². The van der Waals surface area contributed by atoms with E-state index in [1.165, 1.54) is 12.1 Å². The molecular formula is C26H18Cl2F7NO2.